The molecule has 6 aromatic heterocycles. The number of aromatic nitrogens is 12. The van der Waals surface area contributed by atoms with Crippen LogP contribution in [0.2, 0.25) is 0 Å². The van der Waals surface area contributed by atoms with Gasteiger partial charge in [-0.1, -0.05) is 69.8 Å². The largest absolute Gasteiger partial charge is 0.454 e. The molecule has 9 heterocycles. The molecule has 3 aliphatic heterocycles. The van der Waals surface area contributed by atoms with E-state index in [-0.39, 0.29) is 70.3 Å². The van der Waals surface area contributed by atoms with E-state index in [1.54, 1.807) is 0 Å². The highest BCUT2D eigenvalue weighted by molar-refractivity contribution is 14.1. The van der Waals surface area contributed by atoms with Gasteiger partial charge in [-0.05, 0) is 221 Å². The minimum atomic E-state index is -3.98. The van der Waals surface area contributed by atoms with E-state index in [9.17, 15) is 26.7 Å². The maximum Gasteiger partial charge on any atom is 0.333 e. The lowest BCUT2D eigenvalue weighted by Gasteiger charge is -2.27. The van der Waals surface area contributed by atoms with Crippen LogP contribution in [0, 0.1) is 28.9 Å². The summed E-state index contributed by atoms with van der Waals surface area (Å²) in [4.78, 5) is 46.2. The number of ether oxygens (including phenoxy) is 6. The Morgan fingerprint density at radius 3 is 1.02 bits per heavy atom. The Balaban J connectivity index is 0.000000225. The molecule has 0 saturated heterocycles. The molecule has 684 valence electrons. The summed E-state index contributed by atoms with van der Waals surface area (Å²) < 4.78 is 111. The number of aliphatic hydroxyl groups excluding tert-OH is 3. The number of hydrogen-bond donors (Lipinski definition) is 8. The number of unbranched alkanes of at least 4 members (excludes halogenated alkanes) is 3. The standard InChI is InChI=1S/C22H28FIN6O2.C21H27FIN7O5S.C21H26FIN6O3.C9H21NO.C5H13NO.C4H9Br/c1-4-5-6-29(13(2)3)7-8-30-18(26-19-20(25)27-22(23)28-21(19)30)10-14-9-16-17(11-15(14)24)32-12-31-16;1-12(2)29(4-3-7-35-36(25,31)32)5-6-30-17(26-18-19(24)27-21(22)28-20(18)30)9-13-8-15-16(10-14(13)23)34-11-33-15;1-12(2)28(4-3-7-30)5-6-29-17(25-18-19(24)26-21(22)27-20(18)29)9-13-8-15-16(10-14(13)23)32-11-31-15;1-4-5-6-10(7-8-11)9(2)3;1-5(2)6-3-4-7;1-2-3-4-5/h9,11,13H,4-8,10,12H2,1-3H3,(H2,25,27,28);8,10,12H,3-7,9,11H2,1-2H3,(H2,24,27,28)(H2,25,31,32);8,10,12,30H,3-7,9,11H2,1-2H3,(H2,24,26,27);9,11H,4-8H2,1-3H3;5-7H,3-4H2,1-2H3;2-4H2,1H3. The Morgan fingerprint density at radius 2 is 0.764 bits per heavy atom. The van der Waals surface area contributed by atoms with Crippen LogP contribution in [0.25, 0.3) is 33.5 Å². The van der Waals surface area contributed by atoms with Crippen LogP contribution in [0.5, 0.6) is 34.5 Å². The van der Waals surface area contributed by atoms with Crippen LogP contribution < -0.4 is 56.1 Å². The number of imidazole rings is 3. The zero-order valence-corrected chi connectivity index (χ0v) is 81.7. The van der Waals surface area contributed by atoms with Crippen molar-refractivity contribution in [3.05, 3.63) is 99.5 Å². The highest BCUT2D eigenvalue weighted by Crippen LogP contribution is 2.40. The fourth-order valence-electron chi connectivity index (χ4n) is 13.3. The molecule has 12 N–H and O–H groups in total. The van der Waals surface area contributed by atoms with Crippen LogP contribution in [0.3, 0.4) is 0 Å². The maximum absolute atomic E-state index is 14.1. The number of fused-ring (bicyclic) bond motifs is 6. The number of halogens is 7. The van der Waals surface area contributed by atoms with E-state index >= 15 is 0 Å². The zero-order chi connectivity index (χ0) is 90.2. The molecule has 0 bridgehead atoms. The highest BCUT2D eigenvalue weighted by atomic mass is 127. The molecule has 0 unspecified atom stereocenters. The Hall–Kier alpha value is -6.48. The van der Waals surface area contributed by atoms with Gasteiger partial charge in [-0.25, -0.2) is 20.1 Å². The van der Waals surface area contributed by atoms with Gasteiger partial charge in [0.25, 0.3) is 0 Å². The molecule has 9 aromatic rings. The first-order chi connectivity index (χ1) is 58.7. The van der Waals surface area contributed by atoms with E-state index in [4.69, 9.17) is 66.0 Å². The number of hydrogen-bond acceptors (Lipinski definition) is 29. The number of nitrogens with one attached hydrogen (secondary N) is 1. The second kappa shape index (κ2) is 52.1. The van der Waals surface area contributed by atoms with E-state index in [1.165, 1.54) is 25.7 Å². The van der Waals surface area contributed by atoms with Crippen molar-refractivity contribution in [3.8, 4) is 34.5 Å². The van der Waals surface area contributed by atoms with Gasteiger partial charge in [-0.3, -0.25) is 23.8 Å². The molecule has 0 fully saturated rings. The van der Waals surface area contributed by atoms with Crippen molar-refractivity contribution >= 4 is 145 Å². The summed E-state index contributed by atoms with van der Waals surface area (Å²) in [5.41, 5.74) is 23.2. The van der Waals surface area contributed by atoms with Gasteiger partial charge in [0.05, 0.1) is 19.8 Å². The van der Waals surface area contributed by atoms with Gasteiger partial charge in [0.2, 0.25) is 20.4 Å². The third-order valence-electron chi connectivity index (χ3n) is 20.0. The molecule has 41 heteroatoms. The summed E-state index contributed by atoms with van der Waals surface area (Å²) in [6.45, 7) is 37.6. The number of nitrogen functional groups attached to an aromatic ring is 3. The fraction of sp³-hybridized carbons (Fsp3) is 0.598. The SMILES string of the molecule is CC(C)N(CCCO)CCn1c(Cc2cc3c(cc2I)OCO3)nc2c(N)nc(F)nc21.CC(C)N(CCCOS(N)(=O)=O)CCn1c(Cc2cc3c(cc2I)OCO3)nc2c(N)nc(F)nc21.CC(C)NCCO.CCCCBr.CCCCN(CCO)C(C)C.CCCCN(CCn1c(Cc2cc3c(cc2I)OCO3)nc2c(N)nc(F)nc21)C(C)C. The molecular weight excluding hydrogens is 2020 g/mol. The van der Waals surface area contributed by atoms with Crippen molar-refractivity contribution in [1.29, 1.82) is 0 Å². The van der Waals surface area contributed by atoms with Gasteiger partial charge >= 0.3 is 28.5 Å². The average Bonchev–Trinajstić information content (AvgIpc) is 1.63. The molecule has 0 atom stereocenters. The van der Waals surface area contributed by atoms with Crippen LogP contribution >= 0.6 is 83.7 Å². The predicted octanol–water partition coefficient (Wildman–Crippen LogP) is 12.0. The molecule has 0 aliphatic carbocycles. The van der Waals surface area contributed by atoms with Crippen molar-refractivity contribution in [2.45, 2.75) is 210 Å². The first kappa shape index (κ1) is 104. The first-order valence-corrected chi connectivity index (χ1v) is 47.5. The highest BCUT2D eigenvalue weighted by Gasteiger charge is 2.28. The van der Waals surface area contributed by atoms with Crippen LogP contribution in [0.1, 0.15) is 176 Å². The van der Waals surface area contributed by atoms with Crippen LogP contribution in [0.4, 0.5) is 30.6 Å². The molecular formula is C82H124BrF3I3N21O12S. The average molecular weight is 2150 g/mol. The molecule has 0 saturated carbocycles. The van der Waals surface area contributed by atoms with Crippen molar-refractivity contribution < 1.29 is 69.5 Å². The maximum atomic E-state index is 14.1. The summed E-state index contributed by atoms with van der Waals surface area (Å²) in [6.07, 6.45) is 7.30. The third kappa shape index (κ3) is 32.0. The van der Waals surface area contributed by atoms with Gasteiger partial charge < -0.3 is 80.0 Å². The smallest absolute Gasteiger partial charge is 0.333 e. The van der Waals surface area contributed by atoms with Crippen molar-refractivity contribution in [3.63, 3.8) is 0 Å². The van der Waals surface area contributed by atoms with Gasteiger partial charge in [0.15, 0.2) is 85.4 Å². The summed E-state index contributed by atoms with van der Waals surface area (Å²) in [7, 11) is -3.98. The van der Waals surface area contributed by atoms with Crippen molar-refractivity contribution in [1.82, 2.24) is 83.5 Å². The van der Waals surface area contributed by atoms with Gasteiger partial charge in [0, 0.05) is 138 Å². The number of anilines is 3. The quantitative estimate of drug-likeness (QED) is 0.00765. The number of nitrogens with zero attached hydrogens (tertiary/aromatic N) is 16. The lowest BCUT2D eigenvalue weighted by molar-refractivity contribution is 0.164. The second-order valence-electron chi connectivity index (χ2n) is 30.7. The van der Waals surface area contributed by atoms with Crippen LogP contribution in [0.15, 0.2) is 36.4 Å². The van der Waals surface area contributed by atoms with E-state index in [1.807, 2.05) is 63.9 Å². The number of alkyl halides is 1. The number of benzene rings is 3. The van der Waals surface area contributed by atoms with Gasteiger partial charge in [0.1, 0.15) is 17.5 Å². The Morgan fingerprint density at radius 1 is 0.455 bits per heavy atom. The lowest BCUT2D eigenvalue weighted by Crippen LogP contribution is -2.35. The Labute approximate surface area is 769 Å². The Kier molecular flexibility index (Phi) is 43.9. The number of rotatable bonds is 40. The summed E-state index contributed by atoms with van der Waals surface area (Å²) >= 11 is 10.1. The normalized spacial score (nSPS) is 12.7. The Bertz CT molecular complexity index is 4730. The van der Waals surface area contributed by atoms with E-state index in [0.717, 1.165) is 101 Å². The second-order valence-corrected chi connectivity index (χ2v) is 36.2. The number of nitrogens with two attached hydrogens (primary N) is 4. The fourth-order valence-corrected chi connectivity index (χ4v) is 16.1. The van der Waals surface area contributed by atoms with E-state index in [0.29, 0.717) is 164 Å². The third-order valence-corrected chi connectivity index (χ3v) is 24.1. The first-order valence-electron chi connectivity index (χ1n) is 41.7. The molecule has 0 spiro atoms. The van der Waals surface area contributed by atoms with Crippen LogP contribution in [-0.2, 0) is 53.4 Å². The summed E-state index contributed by atoms with van der Waals surface area (Å²) in [5, 5.41) is 35.3. The molecule has 12 rings (SSSR count). The van der Waals surface area contributed by atoms with Gasteiger partial charge in [-0.15, -0.1) is 0 Å². The topological polar surface area (TPSA) is 419 Å². The summed E-state index contributed by atoms with van der Waals surface area (Å²) in [5.74, 6) is 6.41. The molecule has 123 heavy (non-hydrogen) atoms. The molecule has 0 radical (unpaired) electrons. The lowest BCUT2D eigenvalue weighted by atomic mass is 10.1. The van der Waals surface area contributed by atoms with Crippen molar-refractivity contribution in [2.24, 2.45) is 5.14 Å². The minimum Gasteiger partial charge on any atom is -0.454 e. The minimum absolute atomic E-state index is 0.0150. The monoisotopic (exact) mass is 2140 g/mol. The molecule has 3 aliphatic rings. The predicted molar refractivity (Wildman–Crippen MR) is 501 cm³/mol. The van der Waals surface area contributed by atoms with E-state index < -0.39 is 28.5 Å². The van der Waals surface area contributed by atoms with Crippen molar-refractivity contribution in [2.75, 3.05) is 128 Å². The molecule has 0 amide bonds. The molecule has 3 aromatic carbocycles. The van der Waals surface area contributed by atoms with Crippen LogP contribution in [-0.4, -0.2) is 243 Å². The van der Waals surface area contributed by atoms with Gasteiger partial charge in [-0.2, -0.15) is 51.5 Å². The van der Waals surface area contributed by atoms with E-state index in [2.05, 4.69) is 229 Å². The number of aliphatic hydroxyl groups is 3. The molecule has 33 nitrogen and oxygen atoms in total. The summed E-state index contributed by atoms with van der Waals surface area (Å²) in [6, 6.07) is 13.6. The zero-order valence-electron chi connectivity index (χ0n) is 72.8.